The summed E-state index contributed by atoms with van der Waals surface area (Å²) in [6, 6.07) is 8.04. The van der Waals surface area contributed by atoms with Gasteiger partial charge in [-0.25, -0.2) is 9.97 Å². The van der Waals surface area contributed by atoms with Crippen molar-refractivity contribution < 1.29 is 0 Å². The number of benzene rings is 1. The number of aromatic nitrogens is 4. The molecule has 0 aliphatic heterocycles. The van der Waals surface area contributed by atoms with Crippen molar-refractivity contribution in [2.75, 3.05) is 17.2 Å². The third kappa shape index (κ3) is 2.37. The van der Waals surface area contributed by atoms with Crippen LogP contribution in [0.4, 0.5) is 17.6 Å². The van der Waals surface area contributed by atoms with Gasteiger partial charge in [-0.1, -0.05) is 38.1 Å². The molecule has 0 unspecified atom stereocenters. The van der Waals surface area contributed by atoms with Gasteiger partial charge in [0.25, 0.3) is 0 Å². The van der Waals surface area contributed by atoms with E-state index in [1.807, 2.05) is 24.3 Å². The molecule has 7 heteroatoms. The Hall–Kier alpha value is -2.96. The molecular formula is C15H17N7. The molecule has 0 aliphatic rings. The Morgan fingerprint density at radius 2 is 1.50 bits per heavy atom. The van der Waals surface area contributed by atoms with Crippen LogP contribution in [0.5, 0.6) is 0 Å². The molecule has 0 bridgehead atoms. The second-order valence-electron chi connectivity index (χ2n) is 5.37. The Balaban J connectivity index is 2.16. The monoisotopic (exact) mass is 295 g/mol. The minimum Gasteiger partial charge on any atom is -0.382 e. The molecule has 22 heavy (non-hydrogen) atoms. The van der Waals surface area contributed by atoms with E-state index in [0.717, 1.165) is 5.56 Å². The van der Waals surface area contributed by atoms with Crippen molar-refractivity contribution in [3.63, 3.8) is 0 Å². The molecule has 0 saturated heterocycles. The first-order chi connectivity index (χ1) is 10.5. The van der Waals surface area contributed by atoms with Crippen LogP contribution in [0.1, 0.15) is 25.3 Å². The lowest BCUT2D eigenvalue weighted by molar-refractivity contribution is 0.867. The largest absolute Gasteiger partial charge is 0.382 e. The summed E-state index contributed by atoms with van der Waals surface area (Å²) in [5.74, 6) is 0.978. The number of anilines is 3. The highest BCUT2D eigenvalue weighted by atomic mass is 15.1. The first kappa shape index (κ1) is 14.0. The third-order valence-corrected chi connectivity index (χ3v) is 3.45. The van der Waals surface area contributed by atoms with Crippen LogP contribution in [-0.2, 0) is 0 Å². The molecule has 0 fully saturated rings. The average Bonchev–Trinajstić information content (AvgIpc) is 2.46. The van der Waals surface area contributed by atoms with Gasteiger partial charge in [0.15, 0.2) is 22.8 Å². The maximum absolute atomic E-state index is 6.00. The van der Waals surface area contributed by atoms with Gasteiger partial charge in [0.05, 0.1) is 0 Å². The Kier molecular flexibility index (Phi) is 3.25. The van der Waals surface area contributed by atoms with Crippen LogP contribution in [-0.4, -0.2) is 19.9 Å². The van der Waals surface area contributed by atoms with Crippen LogP contribution in [0.15, 0.2) is 24.3 Å². The van der Waals surface area contributed by atoms with E-state index in [0.29, 0.717) is 22.8 Å². The lowest BCUT2D eigenvalue weighted by Gasteiger charge is -2.09. The van der Waals surface area contributed by atoms with Crippen LogP contribution < -0.4 is 17.2 Å². The number of nitrogens with zero attached hydrogens (tertiary/aromatic N) is 4. The zero-order chi connectivity index (χ0) is 15.9. The van der Waals surface area contributed by atoms with E-state index in [1.165, 1.54) is 5.56 Å². The molecule has 0 spiro atoms. The zero-order valence-electron chi connectivity index (χ0n) is 12.4. The van der Waals surface area contributed by atoms with Crippen LogP contribution in [0.25, 0.3) is 22.4 Å². The van der Waals surface area contributed by atoms with Crippen molar-refractivity contribution in [2.24, 2.45) is 0 Å². The summed E-state index contributed by atoms with van der Waals surface area (Å²) in [6.45, 7) is 4.28. The van der Waals surface area contributed by atoms with Crippen LogP contribution in [0.3, 0.4) is 0 Å². The molecule has 6 N–H and O–H groups in total. The number of rotatable bonds is 2. The fourth-order valence-corrected chi connectivity index (χ4v) is 2.24. The quantitative estimate of drug-likeness (QED) is 0.658. The van der Waals surface area contributed by atoms with E-state index in [1.54, 1.807) is 0 Å². The average molecular weight is 295 g/mol. The van der Waals surface area contributed by atoms with Crippen LogP contribution >= 0.6 is 0 Å². The standard InChI is InChI=1S/C15H17N7/c1-7(2)8-3-5-9(6-4-8)10-12(16)20-14-11(19-10)13(17)21-15(18)22-14/h3-7H,1-2H3,(H6,16,17,18,20,21,22). The number of fused-ring (bicyclic) bond motifs is 1. The fourth-order valence-electron chi connectivity index (χ4n) is 2.24. The second kappa shape index (κ2) is 5.10. The van der Waals surface area contributed by atoms with E-state index in [-0.39, 0.29) is 17.6 Å². The maximum Gasteiger partial charge on any atom is 0.224 e. The molecular weight excluding hydrogens is 278 g/mol. The highest BCUT2D eigenvalue weighted by Crippen LogP contribution is 2.27. The van der Waals surface area contributed by atoms with Crippen LogP contribution in [0.2, 0.25) is 0 Å². The van der Waals surface area contributed by atoms with E-state index in [4.69, 9.17) is 17.2 Å². The summed E-state index contributed by atoms with van der Waals surface area (Å²) in [4.78, 5) is 16.6. The molecule has 3 aromatic rings. The minimum atomic E-state index is 0.0488. The molecule has 0 atom stereocenters. The highest BCUT2D eigenvalue weighted by Gasteiger charge is 2.13. The second-order valence-corrected chi connectivity index (χ2v) is 5.37. The van der Waals surface area contributed by atoms with Gasteiger partial charge >= 0.3 is 0 Å². The van der Waals surface area contributed by atoms with Gasteiger partial charge in [-0.2, -0.15) is 9.97 Å². The van der Waals surface area contributed by atoms with E-state index in [2.05, 4.69) is 33.8 Å². The van der Waals surface area contributed by atoms with Gasteiger partial charge in [-0.3, -0.25) is 0 Å². The van der Waals surface area contributed by atoms with Crippen molar-refractivity contribution in [1.82, 2.24) is 19.9 Å². The molecule has 112 valence electrons. The summed E-state index contributed by atoms with van der Waals surface area (Å²) in [5, 5.41) is 0. The number of nitrogen functional groups attached to an aromatic ring is 3. The number of hydrogen-bond acceptors (Lipinski definition) is 7. The summed E-state index contributed by atoms with van der Waals surface area (Å²) >= 11 is 0. The van der Waals surface area contributed by atoms with Gasteiger partial charge in [-0.15, -0.1) is 0 Å². The topological polar surface area (TPSA) is 130 Å². The molecule has 0 aliphatic carbocycles. The van der Waals surface area contributed by atoms with E-state index >= 15 is 0 Å². The Labute approximate surface area is 127 Å². The maximum atomic E-state index is 6.00. The summed E-state index contributed by atoms with van der Waals surface area (Å²) in [5.41, 5.74) is 20.8. The van der Waals surface area contributed by atoms with Crippen LogP contribution in [0, 0.1) is 0 Å². The predicted molar refractivity (Wildman–Crippen MR) is 87.9 cm³/mol. The van der Waals surface area contributed by atoms with Crippen molar-refractivity contribution in [3.8, 4) is 11.3 Å². The van der Waals surface area contributed by atoms with Gasteiger partial charge in [0.2, 0.25) is 5.95 Å². The molecule has 0 radical (unpaired) electrons. The molecule has 0 saturated carbocycles. The Bertz CT molecular complexity index is 841. The SMILES string of the molecule is CC(C)c1ccc(-c2nc3c(N)nc(N)nc3nc2N)cc1. The molecule has 1 aromatic carbocycles. The van der Waals surface area contributed by atoms with Crippen molar-refractivity contribution in [3.05, 3.63) is 29.8 Å². The van der Waals surface area contributed by atoms with Crippen molar-refractivity contribution in [2.45, 2.75) is 19.8 Å². The first-order valence-corrected chi connectivity index (χ1v) is 6.92. The zero-order valence-corrected chi connectivity index (χ0v) is 12.4. The lowest BCUT2D eigenvalue weighted by atomic mass is 10.0. The highest BCUT2D eigenvalue weighted by molar-refractivity contribution is 5.87. The molecule has 7 nitrogen and oxygen atoms in total. The number of hydrogen-bond donors (Lipinski definition) is 3. The van der Waals surface area contributed by atoms with E-state index in [9.17, 15) is 0 Å². The van der Waals surface area contributed by atoms with Gasteiger partial charge in [0, 0.05) is 5.56 Å². The minimum absolute atomic E-state index is 0.0488. The smallest absolute Gasteiger partial charge is 0.224 e. The molecule has 2 aromatic heterocycles. The van der Waals surface area contributed by atoms with Crippen molar-refractivity contribution >= 4 is 28.7 Å². The van der Waals surface area contributed by atoms with Crippen molar-refractivity contribution in [1.29, 1.82) is 0 Å². The molecule has 2 heterocycles. The Morgan fingerprint density at radius 3 is 2.14 bits per heavy atom. The fraction of sp³-hybridized carbons (Fsp3) is 0.200. The predicted octanol–water partition coefficient (Wildman–Crippen LogP) is 1.96. The number of nitrogens with two attached hydrogens (primary N) is 3. The normalized spacial score (nSPS) is 11.2. The first-order valence-electron chi connectivity index (χ1n) is 6.92. The Morgan fingerprint density at radius 1 is 0.818 bits per heavy atom. The van der Waals surface area contributed by atoms with Gasteiger partial charge in [0.1, 0.15) is 5.69 Å². The lowest BCUT2D eigenvalue weighted by Crippen LogP contribution is -2.06. The molecule has 3 rings (SSSR count). The van der Waals surface area contributed by atoms with E-state index < -0.39 is 0 Å². The summed E-state index contributed by atoms with van der Waals surface area (Å²) in [6.07, 6.45) is 0. The third-order valence-electron chi connectivity index (χ3n) is 3.45. The van der Waals surface area contributed by atoms with Gasteiger partial charge in [-0.05, 0) is 11.5 Å². The van der Waals surface area contributed by atoms with Gasteiger partial charge < -0.3 is 17.2 Å². The molecule has 0 amide bonds. The summed E-state index contributed by atoms with van der Waals surface area (Å²) < 4.78 is 0. The summed E-state index contributed by atoms with van der Waals surface area (Å²) in [7, 11) is 0.